The Bertz CT molecular complexity index is 19.5. The first-order chi connectivity index (χ1) is 2.91. The van der Waals surface area contributed by atoms with Crippen LogP contribution in [0.25, 0.3) is 0 Å². The van der Waals surface area contributed by atoms with Crippen molar-refractivity contribution < 1.29 is 4.65 Å². The van der Waals surface area contributed by atoms with Gasteiger partial charge in [-0.2, -0.15) is 0 Å². The third-order valence-electron chi connectivity index (χ3n) is 0.616. The summed E-state index contributed by atoms with van der Waals surface area (Å²) >= 11 is 0. The van der Waals surface area contributed by atoms with Gasteiger partial charge in [-0.1, -0.05) is 13.3 Å². The van der Waals surface area contributed by atoms with E-state index in [4.69, 9.17) is 8.05 Å². The van der Waals surface area contributed by atoms with E-state index < -0.39 is 0 Å². The van der Waals surface area contributed by atoms with E-state index in [1.165, 1.54) is 0 Å². The van der Waals surface area contributed by atoms with Crippen molar-refractivity contribution in [2.45, 2.75) is 19.8 Å². The molecular formula is C4H9BO-. The first-order valence-corrected chi connectivity index (χ1v) is 2.23. The first kappa shape index (κ1) is 6.02. The van der Waals surface area contributed by atoms with Gasteiger partial charge in [0.05, 0.1) is 0 Å². The minimum Gasteiger partial charge on any atom is -0.702 e. The maximum atomic E-state index is 4.71. The molecule has 0 N–H and O–H groups in total. The smallest absolute Gasteiger partial charge is 0.00785 e. The molecule has 0 bridgehead atoms. The van der Waals surface area contributed by atoms with Crippen LogP contribution < -0.4 is 0 Å². The highest BCUT2D eigenvalue weighted by Crippen LogP contribution is 1.82. The topological polar surface area (TPSA) is 9.23 Å². The van der Waals surface area contributed by atoms with Gasteiger partial charge >= 0.3 is 0 Å². The predicted octanol–water partition coefficient (Wildman–Crippen LogP) is 0.887. The largest absolute Gasteiger partial charge is 0.702 e. The lowest BCUT2D eigenvalue weighted by Gasteiger charge is -2.06. The van der Waals surface area contributed by atoms with Crippen molar-refractivity contribution in [1.82, 2.24) is 0 Å². The lowest BCUT2D eigenvalue weighted by Crippen LogP contribution is -1.85. The molecule has 0 aromatic rings. The van der Waals surface area contributed by atoms with Crippen molar-refractivity contribution >= 4 is 8.05 Å². The van der Waals surface area contributed by atoms with Crippen molar-refractivity contribution in [3.63, 3.8) is 0 Å². The molecule has 2 heteroatoms. The SMILES string of the molecule is [B-]OCCCC. The molecule has 0 heterocycles. The Balaban J connectivity index is 2.34. The summed E-state index contributed by atoms with van der Waals surface area (Å²) in [6.07, 6.45) is 2.22. The van der Waals surface area contributed by atoms with E-state index in [-0.39, 0.29) is 0 Å². The van der Waals surface area contributed by atoms with Crippen molar-refractivity contribution in [3.05, 3.63) is 0 Å². The highest BCUT2D eigenvalue weighted by atomic mass is 16.4. The van der Waals surface area contributed by atoms with Crippen LogP contribution in [0.5, 0.6) is 0 Å². The molecule has 0 saturated heterocycles. The average molecular weight is 83.9 g/mol. The molecule has 0 saturated carbocycles. The Morgan fingerprint density at radius 2 is 2.33 bits per heavy atom. The Morgan fingerprint density at radius 3 is 2.50 bits per heavy atom. The summed E-state index contributed by atoms with van der Waals surface area (Å²) in [5.74, 6) is 0. The van der Waals surface area contributed by atoms with E-state index in [9.17, 15) is 0 Å². The number of hydrogen-bond donors (Lipinski definition) is 0. The second-order valence-corrected chi connectivity index (χ2v) is 1.22. The van der Waals surface area contributed by atoms with Gasteiger partial charge in [0.25, 0.3) is 0 Å². The molecule has 0 aromatic carbocycles. The van der Waals surface area contributed by atoms with Crippen LogP contribution in [0, 0.1) is 0 Å². The van der Waals surface area contributed by atoms with E-state index >= 15 is 0 Å². The minimum absolute atomic E-state index is 0.691. The van der Waals surface area contributed by atoms with Crippen LogP contribution >= 0.6 is 0 Å². The lowest BCUT2D eigenvalue weighted by atomic mass is 10.3. The zero-order valence-electron chi connectivity index (χ0n) is 4.11. The van der Waals surface area contributed by atoms with Crippen LogP contribution in [0.3, 0.4) is 0 Å². The minimum atomic E-state index is 0.691. The molecule has 0 atom stereocenters. The van der Waals surface area contributed by atoms with E-state index in [1.54, 1.807) is 0 Å². The molecule has 0 aliphatic heterocycles. The Morgan fingerprint density at radius 1 is 1.67 bits per heavy atom. The second kappa shape index (κ2) is 5.02. The summed E-state index contributed by atoms with van der Waals surface area (Å²) in [7, 11) is 4.71. The molecule has 1 nitrogen and oxygen atoms in total. The van der Waals surface area contributed by atoms with E-state index in [0.29, 0.717) is 6.61 Å². The highest BCUT2D eigenvalue weighted by molar-refractivity contribution is 5.97. The Hall–Kier alpha value is 0.0249. The zero-order valence-corrected chi connectivity index (χ0v) is 4.11. The van der Waals surface area contributed by atoms with Crippen LogP contribution in [-0.2, 0) is 4.65 Å². The fourth-order valence-corrected chi connectivity index (χ4v) is 0.228. The van der Waals surface area contributed by atoms with Gasteiger partial charge in [0.1, 0.15) is 0 Å². The van der Waals surface area contributed by atoms with Crippen LogP contribution in [-0.4, -0.2) is 14.7 Å². The zero-order chi connectivity index (χ0) is 4.83. The summed E-state index contributed by atoms with van der Waals surface area (Å²) in [4.78, 5) is 0. The normalized spacial score (nSPS) is 9.00. The quantitative estimate of drug-likeness (QED) is 0.364. The maximum Gasteiger partial charge on any atom is -0.00785 e. The van der Waals surface area contributed by atoms with Crippen LogP contribution in [0.2, 0.25) is 0 Å². The molecule has 6 heavy (non-hydrogen) atoms. The van der Waals surface area contributed by atoms with Crippen molar-refractivity contribution in [2.75, 3.05) is 6.61 Å². The summed E-state index contributed by atoms with van der Waals surface area (Å²) in [5.41, 5.74) is 0. The van der Waals surface area contributed by atoms with Crippen LogP contribution in [0.4, 0.5) is 0 Å². The summed E-state index contributed by atoms with van der Waals surface area (Å²) < 4.78 is 4.28. The molecule has 35 valence electrons. The van der Waals surface area contributed by atoms with Crippen LogP contribution in [0.1, 0.15) is 19.8 Å². The van der Waals surface area contributed by atoms with Crippen molar-refractivity contribution in [3.8, 4) is 0 Å². The van der Waals surface area contributed by atoms with E-state index in [2.05, 4.69) is 11.6 Å². The third-order valence-corrected chi connectivity index (χ3v) is 0.616. The van der Waals surface area contributed by atoms with Crippen molar-refractivity contribution in [1.29, 1.82) is 0 Å². The van der Waals surface area contributed by atoms with E-state index in [1.807, 2.05) is 0 Å². The molecule has 0 amide bonds. The second-order valence-electron chi connectivity index (χ2n) is 1.22. The monoisotopic (exact) mass is 84.1 g/mol. The van der Waals surface area contributed by atoms with Gasteiger partial charge in [0.2, 0.25) is 0 Å². The fraction of sp³-hybridized carbons (Fsp3) is 1.00. The van der Waals surface area contributed by atoms with Gasteiger partial charge in [-0.3, -0.25) is 0 Å². The van der Waals surface area contributed by atoms with Gasteiger partial charge in [-0.05, 0) is 13.0 Å². The first-order valence-electron chi connectivity index (χ1n) is 2.23. The molecule has 0 aromatic heterocycles. The molecule has 0 spiro atoms. The Kier molecular flexibility index (Phi) is 5.05. The molecule has 0 fully saturated rings. The van der Waals surface area contributed by atoms with Crippen molar-refractivity contribution in [2.24, 2.45) is 0 Å². The average Bonchev–Trinajstić information content (AvgIpc) is 1.61. The fourth-order valence-electron chi connectivity index (χ4n) is 0.228. The van der Waals surface area contributed by atoms with Gasteiger partial charge in [-0.25, -0.2) is 0 Å². The number of rotatable bonds is 3. The number of unbranched alkanes of at least 4 members (excludes halogenated alkanes) is 1. The lowest BCUT2D eigenvalue weighted by molar-refractivity contribution is 0.339. The molecule has 0 aliphatic carbocycles. The highest BCUT2D eigenvalue weighted by Gasteiger charge is 1.68. The summed E-state index contributed by atoms with van der Waals surface area (Å²) in [6, 6.07) is 0. The Labute approximate surface area is 40.1 Å². The van der Waals surface area contributed by atoms with Gasteiger partial charge in [0.15, 0.2) is 0 Å². The molecule has 3 radical (unpaired) electrons. The third kappa shape index (κ3) is 4.02. The van der Waals surface area contributed by atoms with E-state index in [0.717, 1.165) is 12.8 Å². The van der Waals surface area contributed by atoms with Crippen LogP contribution in [0.15, 0.2) is 0 Å². The summed E-state index contributed by atoms with van der Waals surface area (Å²) in [5, 5.41) is 0. The number of hydrogen-bond acceptors (Lipinski definition) is 1. The molecule has 0 aliphatic rings. The molecular weight excluding hydrogens is 74.9 g/mol. The predicted molar refractivity (Wildman–Crippen MR) is 26.6 cm³/mol. The van der Waals surface area contributed by atoms with Gasteiger partial charge in [-0.15, -0.1) is 0 Å². The van der Waals surface area contributed by atoms with Gasteiger partial charge in [0, 0.05) is 0 Å². The summed E-state index contributed by atoms with van der Waals surface area (Å²) in [6.45, 7) is 2.79. The standard InChI is InChI=1S/C4H9BO/c1-2-3-4-6-5/h2-4H2,1H3/q-1. The van der Waals surface area contributed by atoms with Gasteiger partial charge < -0.3 is 12.7 Å². The molecule has 0 unspecified atom stereocenters. The maximum absolute atomic E-state index is 4.71. The molecule has 0 rings (SSSR count).